The largest absolute Gasteiger partial charge is 0.494 e. The van der Waals surface area contributed by atoms with Crippen LogP contribution in [-0.4, -0.2) is 52.1 Å². The quantitative estimate of drug-likeness (QED) is 0.611. The molecule has 0 saturated carbocycles. The molecule has 1 atom stereocenters. The van der Waals surface area contributed by atoms with Crippen molar-refractivity contribution in [2.75, 3.05) is 18.1 Å². The molecule has 10 heteroatoms. The number of carbonyl (C=O) groups is 1. The molecule has 0 amide bonds. The number of ether oxygens (including phenoxy) is 1. The van der Waals surface area contributed by atoms with E-state index in [4.69, 9.17) is 9.84 Å². The maximum absolute atomic E-state index is 12.2. The smallest absolute Gasteiger partial charge is 0.321 e. The highest BCUT2D eigenvalue weighted by molar-refractivity contribution is 7.91. The fraction of sp³-hybridized carbons (Fsp3) is 0.500. The molecule has 8 nitrogen and oxygen atoms in total. The van der Waals surface area contributed by atoms with E-state index in [2.05, 4.69) is 0 Å². The molecule has 0 aromatic heterocycles. The molecular formula is C14H21NO7S2. The van der Waals surface area contributed by atoms with E-state index in [-0.39, 0.29) is 17.1 Å². The number of carboxylic acids is 1. The van der Waals surface area contributed by atoms with Crippen LogP contribution in [0.25, 0.3) is 0 Å². The van der Waals surface area contributed by atoms with E-state index in [0.29, 0.717) is 12.4 Å². The van der Waals surface area contributed by atoms with E-state index in [0.717, 1.165) is 0 Å². The van der Waals surface area contributed by atoms with Gasteiger partial charge in [-0.1, -0.05) is 6.92 Å². The van der Waals surface area contributed by atoms with Crippen LogP contribution in [-0.2, 0) is 24.7 Å². The lowest BCUT2D eigenvalue weighted by Gasteiger charge is -2.15. The van der Waals surface area contributed by atoms with E-state index < -0.39 is 37.6 Å². The van der Waals surface area contributed by atoms with Crippen LogP contribution in [0, 0.1) is 0 Å². The lowest BCUT2D eigenvalue weighted by Crippen LogP contribution is -2.41. The summed E-state index contributed by atoms with van der Waals surface area (Å²) in [5, 5.41) is 9.13. The van der Waals surface area contributed by atoms with E-state index in [1.165, 1.54) is 31.2 Å². The number of sulfone groups is 1. The summed E-state index contributed by atoms with van der Waals surface area (Å²) in [6.45, 7) is 3.65. The Hall–Kier alpha value is -1.65. The van der Waals surface area contributed by atoms with E-state index in [1.54, 1.807) is 6.92 Å². The molecule has 0 aliphatic rings. The van der Waals surface area contributed by atoms with Crippen molar-refractivity contribution in [3.63, 3.8) is 0 Å². The van der Waals surface area contributed by atoms with Gasteiger partial charge in [0.15, 0.2) is 0 Å². The van der Waals surface area contributed by atoms with Crippen molar-refractivity contribution in [1.29, 1.82) is 0 Å². The number of carboxylic acid groups (broad SMARTS) is 1. The summed E-state index contributed by atoms with van der Waals surface area (Å²) in [6, 6.07) is 3.96. The van der Waals surface area contributed by atoms with Crippen LogP contribution in [0.4, 0.5) is 0 Å². The molecule has 0 spiro atoms. The van der Waals surface area contributed by atoms with Crippen molar-refractivity contribution in [1.82, 2.24) is 4.72 Å². The van der Waals surface area contributed by atoms with Crippen LogP contribution in [0.15, 0.2) is 29.2 Å². The second-order valence-electron chi connectivity index (χ2n) is 4.94. The van der Waals surface area contributed by atoms with Gasteiger partial charge in [-0.15, -0.1) is 0 Å². The first-order chi connectivity index (χ1) is 11.1. The van der Waals surface area contributed by atoms with Gasteiger partial charge in [0.1, 0.15) is 21.6 Å². The molecule has 0 heterocycles. The van der Waals surface area contributed by atoms with Crippen LogP contribution in [0.5, 0.6) is 5.75 Å². The molecule has 0 bridgehead atoms. The number of hydrogen-bond acceptors (Lipinski definition) is 6. The summed E-state index contributed by atoms with van der Waals surface area (Å²) in [7, 11) is -7.49. The number of nitrogens with one attached hydrogen (secondary N) is 1. The van der Waals surface area contributed by atoms with Gasteiger partial charge in [0, 0.05) is 5.75 Å². The zero-order valence-corrected chi connectivity index (χ0v) is 15.1. The number of aliphatic carboxylic acids is 1. The summed E-state index contributed by atoms with van der Waals surface area (Å²) in [5.74, 6) is -1.49. The van der Waals surface area contributed by atoms with Crippen LogP contribution in [0.2, 0.25) is 0 Å². The highest BCUT2D eigenvalue weighted by atomic mass is 32.2. The van der Waals surface area contributed by atoms with E-state index in [1.807, 2.05) is 4.72 Å². The van der Waals surface area contributed by atoms with Crippen molar-refractivity contribution < 1.29 is 31.5 Å². The monoisotopic (exact) mass is 379 g/mol. The molecule has 0 saturated heterocycles. The standard InChI is InChI=1S/C14H21NO7S2/c1-3-22-11-5-7-12(8-6-11)24(20,21)15-13(14(16)17)9-10-23(18,19)4-2/h5-8,13,15H,3-4,9-10H2,1-2H3,(H,16,17). The Labute approximate surface area is 141 Å². The third-order valence-corrected chi connectivity index (χ3v) is 6.42. The van der Waals surface area contributed by atoms with Crippen molar-refractivity contribution in [3.05, 3.63) is 24.3 Å². The Kier molecular flexibility index (Phi) is 7.18. The summed E-state index contributed by atoms with van der Waals surface area (Å²) >= 11 is 0. The average molecular weight is 379 g/mol. The minimum Gasteiger partial charge on any atom is -0.494 e. The van der Waals surface area contributed by atoms with Gasteiger partial charge in [-0.05, 0) is 37.6 Å². The normalized spacial score (nSPS) is 13.4. The summed E-state index contributed by atoms with van der Waals surface area (Å²) in [6.07, 6.45) is -0.345. The van der Waals surface area contributed by atoms with Gasteiger partial charge in [-0.2, -0.15) is 4.72 Å². The zero-order valence-electron chi connectivity index (χ0n) is 13.4. The van der Waals surface area contributed by atoms with Crippen molar-refractivity contribution in [2.24, 2.45) is 0 Å². The molecule has 1 unspecified atom stereocenters. The van der Waals surface area contributed by atoms with Crippen LogP contribution >= 0.6 is 0 Å². The minimum absolute atomic E-state index is 0.129. The number of benzene rings is 1. The second-order valence-corrected chi connectivity index (χ2v) is 9.13. The molecule has 24 heavy (non-hydrogen) atoms. The Morgan fingerprint density at radius 2 is 1.75 bits per heavy atom. The topological polar surface area (TPSA) is 127 Å². The fourth-order valence-corrected chi connectivity index (χ4v) is 3.92. The molecule has 0 aliphatic heterocycles. The molecular weight excluding hydrogens is 358 g/mol. The van der Waals surface area contributed by atoms with Gasteiger partial charge in [0.25, 0.3) is 0 Å². The van der Waals surface area contributed by atoms with Gasteiger partial charge in [0.05, 0.1) is 17.3 Å². The van der Waals surface area contributed by atoms with Crippen LogP contribution < -0.4 is 9.46 Å². The Bertz CT molecular complexity index is 755. The predicted octanol–water partition coefficient (Wildman–Crippen LogP) is 0.642. The summed E-state index contributed by atoms with van der Waals surface area (Å²) in [4.78, 5) is 11.1. The third-order valence-electron chi connectivity index (χ3n) is 3.20. The van der Waals surface area contributed by atoms with Gasteiger partial charge in [-0.25, -0.2) is 16.8 Å². The first-order valence-corrected chi connectivity index (χ1v) is 10.6. The second kappa shape index (κ2) is 8.45. The van der Waals surface area contributed by atoms with Gasteiger partial charge >= 0.3 is 5.97 Å². The number of hydrogen-bond donors (Lipinski definition) is 2. The maximum Gasteiger partial charge on any atom is 0.321 e. The lowest BCUT2D eigenvalue weighted by atomic mass is 10.2. The van der Waals surface area contributed by atoms with E-state index >= 15 is 0 Å². The molecule has 136 valence electrons. The molecule has 1 aromatic carbocycles. The van der Waals surface area contributed by atoms with Gasteiger partial charge in [-0.3, -0.25) is 4.79 Å². The molecule has 2 N–H and O–H groups in total. The fourth-order valence-electron chi connectivity index (χ4n) is 1.81. The zero-order chi connectivity index (χ0) is 18.4. The van der Waals surface area contributed by atoms with Crippen molar-refractivity contribution >= 4 is 25.8 Å². The lowest BCUT2D eigenvalue weighted by molar-refractivity contribution is -0.139. The molecule has 0 aliphatic carbocycles. The molecule has 0 radical (unpaired) electrons. The Balaban J connectivity index is 2.89. The predicted molar refractivity (Wildman–Crippen MR) is 88.3 cm³/mol. The van der Waals surface area contributed by atoms with Crippen LogP contribution in [0.1, 0.15) is 20.3 Å². The highest BCUT2D eigenvalue weighted by Gasteiger charge is 2.26. The van der Waals surface area contributed by atoms with E-state index in [9.17, 15) is 21.6 Å². The molecule has 1 rings (SSSR count). The summed E-state index contributed by atoms with van der Waals surface area (Å²) in [5.41, 5.74) is 0. The molecule has 0 fully saturated rings. The molecule has 1 aromatic rings. The van der Waals surface area contributed by atoms with Crippen LogP contribution in [0.3, 0.4) is 0 Å². The highest BCUT2D eigenvalue weighted by Crippen LogP contribution is 2.16. The minimum atomic E-state index is -4.09. The average Bonchev–Trinajstić information content (AvgIpc) is 2.52. The maximum atomic E-state index is 12.2. The number of rotatable bonds is 10. The first kappa shape index (κ1) is 20.4. The van der Waals surface area contributed by atoms with Crippen molar-refractivity contribution in [2.45, 2.75) is 31.2 Å². The third kappa shape index (κ3) is 6.10. The Morgan fingerprint density at radius 3 is 2.21 bits per heavy atom. The summed E-state index contributed by atoms with van der Waals surface area (Å²) < 4.78 is 54.7. The van der Waals surface area contributed by atoms with Gasteiger partial charge in [0.2, 0.25) is 10.0 Å². The van der Waals surface area contributed by atoms with Gasteiger partial charge < -0.3 is 9.84 Å². The van der Waals surface area contributed by atoms with Crippen molar-refractivity contribution in [3.8, 4) is 5.75 Å². The first-order valence-electron chi connectivity index (χ1n) is 7.29. The SMILES string of the molecule is CCOc1ccc(S(=O)(=O)NC(CCS(=O)(=O)CC)C(=O)O)cc1. The Morgan fingerprint density at radius 1 is 1.17 bits per heavy atom. The number of sulfonamides is 1.